The highest BCUT2D eigenvalue weighted by Gasteiger charge is 2.45. The first-order valence-corrected chi connectivity index (χ1v) is 6.10. The molecule has 1 amide bonds. The first-order chi connectivity index (χ1) is 9.04. The van der Waals surface area contributed by atoms with Crippen LogP contribution in [0.4, 0.5) is 8.78 Å². The van der Waals surface area contributed by atoms with Crippen LogP contribution in [0.25, 0.3) is 0 Å². The highest BCUT2D eigenvalue weighted by atomic mass is 19.3. The molecule has 4 nitrogen and oxygen atoms in total. The van der Waals surface area contributed by atoms with E-state index in [-0.39, 0.29) is 32.0 Å². The number of nitrogens with zero attached hydrogens (tertiary/aromatic N) is 2. The molecule has 6 heteroatoms. The fourth-order valence-corrected chi connectivity index (χ4v) is 2.22. The molecular formula is C13H16F2N2O2. The molecule has 2 rings (SSSR count). The monoisotopic (exact) mass is 270 g/mol. The van der Waals surface area contributed by atoms with Crippen LogP contribution in [0.1, 0.15) is 16.8 Å². The van der Waals surface area contributed by atoms with Crippen molar-refractivity contribution < 1.29 is 18.3 Å². The summed E-state index contributed by atoms with van der Waals surface area (Å²) in [4.78, 5) is 17.5. The van der Waals surface area contributed by atoms with Crippen molar-refractivity contribution in [3.05, 3.63) is 30.1 Å². The third-order valence-corrected chi connectivity index (χ3v) is 3.34. The van der Waals surface area contributed by atoms with Crippen LogP contribution in [-0.4, -0.2) is 48.5 Å². The molecule has 1 aromatic rings. The predicted molar refractivity (Wildman–Crippen MR) is 65.1 cm³/mol. The maximum atomic E-state index is 13.7. The molecule has 19 heavy (non-hydrogen) atoms. The molecule has 0 bridgehead atoms. The quantitative estimate of drug-likeness (QED) is 0.841. The van der Waals surface area contributed by atoms with Gasteiger partial charge in [0, 0.05) is 44.6 Å². The molecular weight excluding hydrogens is 254 g/mol. The largest absolute Gasteiger partial charge is 0.384 e. The second-order valence-electron chi connectivity index (χ2n) is 4.65. The summed E-state index contributed by atoms with van der Waals surface area (Å²) in [7, 11) is 1.39. The van der Waals surface area contributed by atoms with Gasteiger partial charge in [-0.2, -0.15) is 0 Å². The molecule has 104 valence electrons. The summed E-state index contributed by atoms with van der Waals surface area (Å²) in [6.45, 7) is 0.0312. The minimum absolute atomic E-state index is 0.0159. The van der Waals surface area contributed by atoms with E-state index in [9.17, 15) is 13.6 Å². The van der Waals surface area contributed by atoms with Crippen LogP contribution in [0.3, 0.4) is 0 Å². The van der Waals surface area contributed by atoms with E-state index in [0.29, 0.717) is 5.56 Å². The van der Waals surface area contributed by atoms with Gasteiger partial charge in [-0.25, -0.2) is 8.78 Å². The maximum absolute atomic E-state index is 13.7. The summed E-state index contributed by atoms with van der Waals surface area (Å²) < 4.78 is 32.2. The number of hydrogen-bond acceptors (Lipinski definition) is 3. The lowest BCUT2D eigenvalue weighted by molar-refractivity contribution is -0.117. The molecule has 0 aromatic carbocycles. The molecule has 1 aromatic heterocycles. The van der Waals surface area contributed by atoms with Gasteiger partial charge in [-0.1, -0.05) is 0 Å². The van der Waals surface area contributed by atoms with Crippen molar-refractivity contribution in [1.82, 2.24) is 9.88 Å². The maximum Gasteiger partial charge on any atom is 0.256 e. The number of methoxy groups -OCH3 is 1. The zero-order valence-electron chi connectivity index (χ0n) is 10.7. The zero-order valence-corrected chi connectivity index (χ0v) is 10.7. The number of aromatic nitrogens is 1. The van der Waals surface area contributed by atoms with Gasteiger partial charge in [-0.15, -0.1) is 0 Å². The number of pyridine rings is 1. The van der Waals surface area contributed by atoms with Crippen molar-refractivity contribution in [2.75, 3.05) is 26.8 Å². The van der Waals surface area contributed by atoms with Crippen molar-refractivity contribution in [2.24, 2.45) is 5.92 Å². The molecule has 1 atom stereocenters. The number of carbonyl (C=O) groups excluding carboxylic acids is 1. The summed E-state index contributed by atoms with van der Waals surface area (Å²) in [5.41, 5.74) is 0.469. The molecule has 0 N–H and O–H groups in total. The summed E-state index contributed by atoms with van der Waals surface area (Å²) >= 11 is 0. The molecule has 1 aliphatic rings. The standard InChI is InChI=1S/C13H16F2N2O2/c1-19-9-11-8-17(7-4-13(11,14)15)12(18)10-2-5-16-6-3-10/h2-3,5-6,11H,4,7-9H2,1H3. The van der Waals surface area contributed by atoms with Crippen LogP contribution >= 0.6 is 0 Å². The van der Waals surface area contributed by atoms with Crippen LogP contribution in [0.5, 0.6) is 0 Å². The van der Waals surface area contributed by atoms with Crippen LogP contribution in [0.15, 0.2) is 24.5 Å². The number of likely N-dealkylation sites (tertiary alicyclic amines) is 1. The minimum atomic E-state index is -2.77. The predicted octanol–water partition coefficient (Wildman–Crippen LogP) is 1.83. The Balaban J connectivity index is 2.09. The van der Waals surface area contributed by atoms with E-state index in [4.69, 9.17) is 4.74 Å². The van der Waals surface area contributed by atoms with Gasteiger partial charge in [0.2, 0.25) is 0 Å². The summed E-state index contributed by atoms with van der Waals surface area (Å²) in [5.74, 6) is -3.96. The summed E-state index contributed by atoms with van der Waals surface area (Å²) in [6, 6.07) is 3.17. The highest BCUT2D eigenvalue weighted by Crippen LogP contribution is 2.34. The van der Waals surface area contributed by atoms with Gasteiger partial charge in [-0.3, -0.25) is 9.78 Å². The van der Waals surface area contributed by atoms with E-state index in [0.717, 1.165) is 0 Å². The molecule has 2 heterocycles. The number of carbonyl (C=O) groups is 1. The van der Waals surface area contributed by atoms with Crippen molar-refractivity contribution in [1.29, 1.82) is 0 Å². The smallest absolute Gasteiger partial charge is 0.256 e. The Morgan fingerprint density at radius 1 is 1.53 bits per heavy atom. The van der Waals surface area contributed by atoms with Gasteiger partial charge in [0.25, 0.3) is 11.8 Å². The van der Waals surface area contributed by atoms with E-state index in [1.165, 1.54) is 24.4 Å². The highest BCUT2D eigenvalue weighted by molar-refractivity contribution is 5.94. The first kappa shape index (κ1) is 13.9. The molecule has 1 unspecified atom stereocenters. The van der Waals surface area contributed by atoms with Gasteiger partial charge in [0.1, 0.15) is 0 Å². The van der Waals surface area contributed by atoms with E-state index in [1.54, 1.807) is 12.1 Å². The van der Waals surface area contributed by atoms with E-state index in [2.05, 4.69) is 4.98 Å². The minimum Gasteiger partial charge on any atom is -0.384 e. The van der Waals surface area contributed by atoms with Crippen LogP contribution in [0, 0.1) is 5.92 Å². The van der Waals surface area contributed by atoms with E-state index < -0.39 is 11.8 Å². The number of alkyl halides is 2. The average Bonchev–Trinajstić information content (AvgIpc) is 2.41. The normalized spacial score (nSPS) is 22.3. The summed E-state index contributed by atoms with van der Waals surface area (Å²) in [5, 5.41) is 0. The molecule has 1 aliphatic heterocycles. The number of halogens is 2. The number of rotatable bonds is 3. The van der Waals surface area contributed by atoms with E-state index >= 15 is 0 Å². The Morgan fingerprint density at radius 2 is 2.21 bits per heavy atom. The third-order valence-electron chi connectivity index (χ3n) is 3.34. The molecule has 1 saturated heterocycles. The fourth-order valence-electron chi connectivity index (χ4n) is 2.22. The number of piperidine rings is 1. The second-order valence-corrected chi connectivity index (χ2v) is 4.65. The Kier molecular flexibility index (Phi) is 4.09. The lowest BCUT2D eigenvalue weighted by Crippen LogP contribution is -2.50. The Bertz CT molecular complexity index is 440. The summed E-state index contributed by atoms with van der Waals surface area (Å²) in [6.07, 6.45) is 2.70. The Morgan fingerprint density at radius 3 is 2.84 bits per heavy atom. The Labute approximate surface area is 110 Å². The first-order valence-electron chi connectivity index (χ1n) is 6.10. The Hall–Kier alpha value is -1.56. The van der Waals surface area contributed by atoms with Gasteiger partial charge < -0.3 is 9.64 Å². The van der Waals surface area contributed by atoms with Gasteiger partial charge in [0.05, 0.1) is 12.5 Å². The van der Waals surface area contributed by atoms with Crippen LogP contribution in [0.2, 0.25) is 0 Å². The van der Waals surface area contributed by atoms with Gasteiger partial charge >= 0.3 is 0 Å². The third kappa shape index (κ3) is 3.07. The van der Waals surface area contributed by atoms with Crippen LogP contribution < -0.4 is 0 Å². The molecule has 0 saturated carbocycles. The van der Waals surface area contributed by atoms with E-state index in [1.807, 2.05) is 0 Å². The fraction of sp³-hybridized carbons (Fsp3) is 0.538. The van der Waals surface area contributed by atoms with Crippen molar-refractivity contribution in [3.8, 4) is 0 Å². The number of ether oxygens (including phenoxy) is 1. The second kappa shape index (κ2) is 5.61. The molecule has 0 radical (unpaired) electrons. The van der Waals surface area contributed by atoms with Crippen molar-refractivity contribution >= 4 is 5.91 Å². The molecule has 1 fully saturated rings. The number of amides is 1. The van der Waals surface area contributed by atoms with Gasteiger partial charge in [0.15, 0.2) is 0 Å². The van der Waals surface area contributed by atoms with Crippen molar-refractivity contribution in [3.63, 3.8) is 0 Å². The topological polar surface area (TPSA) is 42.4 Å². The molecule has 0 spiro atoms. The van der Waals surface area contributed by atoms with Crippen molar-refractivity contribution in [2.45, 2.75) is 12.3 Å². The lowest BCUT2D eigenvalue weighted by atomic mass is 9.94. The SMILES string of the molecule is COCC1CN(C(=O)c2ccncc2)CCC1(F)F. The zero-order chi connectivity index (χ0) is 13.9. The number of hydrogen-bond donors (Lipinski definition) is 0. The van der Waals surface area contributed by atoms with Crippen LogP contribution in [-0.2, 0) is 4.74 Å². The lowest BCUT2D eigenvalue weighted by Gasteiger charge is -2.38. The molecule has 0 aliphatic carbocycles. The average molecular weight is 270 g/mol. The van der Waals surface area contributed by atoms with Gasteiger partial charge in [-0.05, 0) is 12.1 Å².